The smallest absolute Gasteiger partial charge is 0.222 e. The number of aliphatic hydroxyl groups excluding tert-OH is 3. The molecule has 0 bridgehead atoms. The van der Waals surface area contributed by atoms with Gasteiger partial charge in [0.2, 0.25) is 5.91 Å². The van der Waals surface area contributed by atoms with E-state index >= 15 is 0 Å². The average molecular weight is 664 g/mol. The zero-order valence-electron chi connectivity index (χ0n) is 31.4. The van der Waals surface area contributed by atoms with Gasteiger partial charge in [-0.2, -0.15) is 0 Å². The number of allylic oxidation sites excluding steroid dienone is 3. The van der Waals surface area contributed by atoms with Crippen molar-refractivity contribution in [3.63, 3.8) is 0 Å². The lowest BCUT2D eigenvalue weighted by molar-refractivity contribution is -0.124. The monoisotopic (exact) mass is 664 g/mol. The molecule has 0 aromatic heterocycles. The van der Waals surface area contributed by atoms with Crippen molar-refractivity contribution in [3.8, 4) is 0 Å². The van der Waals surface area contributed by atoms with Crippen molar-refractivity contribution >= 4 is 5.91 Å². The molecule has 4 N–H and O–H groups in total. The molecule has 47 heavy (non-hydrogen) atoms. The Morgan fingerprint density at radius 2 is 0.894 bits per heavy atom. The minimum atomic E-state index is -0.928. The number of unbranched alkanes of at least 4 members (excludes halogenated alkanes) is 26. The molecule has 0 aromatic carbocycles. The maximum absolute atomic E-state index is 12.4. The van der Waals surface area contributed by atoms with E-state index < -0.39 is 18.2 Å². The van der Waals surface area contributed by atoms with E-state index in [9.17, 15) is 20.1 Å². The van der Waals surface area contributed by atoms with E-state index in [0.29, 0.717) is 6.42 Å². The Morgan fingerprint density at radius 3 is 1.30 bits per heavy atom. The number of nitrogens with one attached hydrogen (secondary N) is 1. The lowest BCUT2D eigenvalue weighted by atomic mass is 10.0. The molecule has 0 aliphatic carbocycles. The van der Waals surface area contributed by atoms with Gasteiger partial charge in [-0.05, 0) is 44.9 Å². The van der Waals surface area contributed by atoms with Crippen LogP contribution in [0.4, 0.5) is 0 Å². The van der Waals surface area contributed by atoms with Gasteiger partial charge in [-0.1, -0.05) is 186 Å². The fraction of sp³-hybridized carbons (Fsp3) is 0.881. The molecule has 0 aliphatic rings. The molecule has 0 saturated heterocycles. The van der Waals surface area contributed by atoms with Gasteiger partial charge < -0.3 is 20.6 Å². The highest BCUT2D eigenvalue weighted by Crippen LogP contribution is 2.15. The molecule has 278 valence electrons. The fourth-order valence-electron chi connectivity index (χ4n) is 6.27. The zero-order chi connectivity index (χ0) is 34.5. The van der Waals surface area contributed by atoms with Gasteiger partial charge in [0, 0.05) is 0 Å². The average Bonchev–Trinajstić information content (AvgIpc) is 3.06. The van der Waals surface area contributed by atoms with Gasteiger partial charge >= 0.3 is 0 Å². The maximum Gasteiger partial charge on any atom is 0.222 e. The lowest BCUT2D eigenvalue weighted by Gasteiger charge is -2.21. The summed E-state index contributed by atoms with van der Waals surface area (Å²) in [5.41, 5.74) is 0. The first-order chi connectivity index (χ1) is 23.0. The first-order valence-electron chi connectivity index (χ1n) is 20.6. The Balaban J connectivity index is 3.70. The van der Waals surface area contributed by atoms with Crippen LogP contribution >= 0.6 is 0 Å². The van der Waals surface area contributed by atoms with Crippen LogP contribution in [0.15, 0.2) is 24.3 Å². The predicted octanol–water partition coefficient (Wildman–Crippen LogP) is 11.4. The summed E-state index contributed by atoms with van der Waals surface area (Å²) in [5, 5.41) is 33.1. The van der Waals surface area contributed by atoms with Gasteiger partial charge in [0.1, 0.15) is 0 Å². The van der Waals surface area contributed by atoms with Crippen LogP contribution in [0.1, 0.15) is 213 Å². The normalized spacial score (nSPS) is 13.9. The van der Waals surface area contributed by atoms with E-state index in [0.717, 1.165) is 38.5 Å². The molecule has 0 fully saturated rings. The highest BCUT2D eigenvalue weighted by molar-refractivity contribution is 5.76. The van der Waals surface area contributed by atoms with Crippen LogP contribution in [-0.2, 0) is 4.79 Å². The number of aliphatic hydroxyl groups is 3. The molecular weight excluding hydrogens is 582 g/mol. The summed E-state index contributed by atoms with van der Waals surface area (Å²) in [7, 11) is 0. The SMILES string of the molecule is CCCCCCCCCC/C=C\CCCCCCCC(O)CC(=O)NC(CO)C(O)/C=C/CCCCCCCCCCCCCCC. The molecule has 1 amide bonds. The molecule has 0 aliphatic heterocycles. The molecule has 5 nitrogen and oxygen atoms in total. The molecule has 3 unspecified atom stereocenters. The van der Waals surface area contributed by atoms with Crippen LogP contribution in [0, 0.1) is 0 Å². The topological polar surface area (TPSA) is 89.8 Å². The third-order valence-corrected chi connectivity index (χ3v) is 9.48. The van der Waals surface area contributed by atoms with Gasteiger partial charge in [0.05, 0.1) is 31.3 Å². The number of amides is 1. The summed E-state index contributed by atoms with van der Waals surface area (Å²) in [6.07, 6.45) is 44.5. The lowest BCUT2D eigenvalue weighted by Crippen LogP contribution is -2.45. The van der Waals surface area contributed by atoms with Crippen LogP contribution in [-0.4, -0.2) is 46.1 Å². The molecule has 0 heterocycles. The van der Waals surface area contributed by atoms with E-state index in [2.05, 4.69) is 31.3 Å². The summed E-state index contributed by atoms with van der Waals surface area (Å²) >= 11 is 0. The highest BCUT2D eigenvalue weighted by Gasteiger charge is 2.20. The second-order valence-electron chi connectivity index (χ2n) is 14.2. The number of hydrogen-bond acceptors (Lipinski definition) is 4. The van der Waals surface area contributed by atoms with Crippen molar-refractivity contribution in [1.29, 1.82) is 0 Å². The Morgan fingerprint density at radius 1 is 0.532 bits per heavy atom. The van der Waals surface area contributed by atoms with Crippen molar-refractivity contribution < 1.29 is 20.1 Å². The first kappa shape index (κ1) is 45.8. The Kier molecular flexibility index (Phi) is 36.7. The fourth-order valence-corrected chi connectivity index (χ4v) is 6.27. The molecule has 5 heteroatoms. The number of rotatable bonds is 37. The predicted molar refractivity (Wildman–Crippen MR) is 204 cm³/mol. The molecule has 0 spiro atoms. The number of carbonyl (C=O) groups excluding carboxylic acids is 1. The van der Waals surface area contributed by atoms with E-state index in [1.807, 2.05) is 6.08 Å². The second kappa shape index (κ2) is 37.6. The first-order valence-corrected chi connectivity index (χ1v) is 20.6. The van der Waals surface area contributed by atoms with E-state index in [-0.39, 0.29) is 18.9 Å². The van der Waals surface area contributed by atoms with E-state index in [1.54, 1.807) is 6.08 Å². The van der Waals surface area contributed by atoms with E-state index in [1.165, 1.54) is 148 Å². The quantitative estimate of drug-likeness (QED) is 0.0393. The maximum atomic E-state index is 12.4. The van der Waals surface area contributed by atoms with Crippen molar-refractivity contribution in [2.24, 2.45) is 0 Å². The zero-order valence-corrected chi connectivity index (χ0v) is 31.4. The largest absolute Gasteiger partial charge is 0.394 e. The Labute approximate surface area is 292 Å². The van der Waals surface area contributed by atoms with Crippen molar-refractivity contribution in [2.75, 3.05) is 6.61 Å². The molecule has 0 radical (unpaired) electrons. The Hall–Kier alpha value is -1.17. The van der Waals surface area contributed by atoms with Gasteiger partial charge in [-0.15, -0.1) is 0 Å². The molecular formula is C42H81NO4. The minimum Gasteiger partial charge on any atom is -0.394 e. The summed E-state index contributed by atoms with van der Waals surface area (Å²) in [6, 6.07) is -0.744. The van der Waals surface area contributed by atoms with Gasteiger partial charge in [-0.3, -0.25) is 4.79 Å². The third-order valence-electron chi connectivity index (χ3n) is 9.48. The summed E-state index contributed by atoms with van der Waals surface area (Å²) in [5.74, 6) is -0.320. The van der Waals surface area contributed by atoms with Gasteiger partial charge in [-0.25, -0.2) is 0 Å². The highest BCUT2D eigenvalue weighted by atomic mass is 16.3. The van der Waals surface area contributed by atoms with Gasteiger partial charge in [0.15, 0.2) is 0 Å². The van der Waals surface area contributed by atoms with Crippen molar-refractivity contribution in [3.05, 3.63) is 24.3 Å². The summed E-state index contributed by atoms with van der Waals surface area (Å²) in [4.78, 5) is 12.4. The van der Waals surface area contributed by atoms with E-state index in [4.69, 9.17) is 0 Å². The minimum absolute atomic E-state index is 0.00947. The van der Waals surface area contributed by atoms with Crippen LogP contribution in [0.3, 0.4) is 0 Å². The van der Waals surface area contributed by atoms with Crippen LogP contribution < -0.4 is 5.32 Å². The van der Waals surface area contributed by atoms with Crippen LogP contribution in [0.2, 0.25) is 0 Å². The molecule has 0 saturated carbocycles. The second-order valence-corrected chi connectivity index (χ2v) is 14.2. The third kappa shape index (κ3) is 34.5. The van der Waals surface area contributed by atoms with Crippen LogP contribution in [0.5, 0.6) is 0 Å². The standard InChI is InChI=1S/C42H81NO4/c1-3-5-7-9-11-13-15-17-19-20-22-23-25-27-29-31-33-35-39(45)37-42(47)43-40(38-44)41(46)36-34-32-30-28-26-24-21-18-16-14-12-10-8-6-4-2/h20,22,34,36,39-41,44-46H,3-19,21,23-33,35,37-38H2,1-2H3,(H,43,47)/b22-20-,36-34+. The summed E-state index contributed by atoms with van der Waals surface area (Å²) in [6.45, 7) is 4.21. The van der Waals surface area contributed by atoms with Crippen molar-refractivity contribution in [1.82, 2.24) is 5.32 Å². The Bertz CT molecular complexity index is 694. The van der Waals surface area contributed by atoms with Crippen molar-refractivity contribution in [2.45, 2.75) is 231 Å². The summed E-state index contributed by atoms with van der Waals surface area (Å²) < 4.78 is 0. The molecule has 0 aromatic rings. The van der Waals surface area contributed by atoms with Crippen LogP contribution in [0.25, 0.3) is 0 Å². The molecule has 3 atom stereocenters. The number of carbonyl (C=O) groups is 1. The van der Waals surface area contributed by atoms with Gasteiger partial charge in [0.25, 0.3) is 0 Å². The molecule has 0 rings (SSSR count). The number of hydrogen-bond donors (Lipinski definition) is 4.